The molecule has 9 nitrogen and oxygen atoms in total. The topological polar surface area (TPSA) is 112 Å². The second-order valence-corrected chi connectivity index (χ2v) is 12.1. The van der Waals surface area contributed by atoms with Crippen molar-refractivity contribution in [3.05, 3.63) is 102 Å². The average Bonchev–Trinajstić information content (AvgIpc) is 2.99. The maximum absolute atomic E-state index is 13.7. The molecule has 0 fully saturated rings. The highest BCUT2D eigenvalue weighted by molar-refractivity contribution is 7.90. The maximum Gasteiger partial charge on any atom is 0.253 e. The Bertz CT molecular complexity index is 1730. The van der Waals surface area contributed by atoms with Gasteiger partial charge in [-0.25, -0.2) is 8.42 Å². The van der Waals surface area contributed by atoms with Gasteiger partial charge in [-0.1, -0.05) is 30.3 Å². The highest BCUT2D eigenvalue weighted by Crippen LogP contribution is 2.33. The minimum absolute atomic E-state index is 0.0486. The smallest absolute Gasteiger partial charge is 0.253 e. The fourth-order valence-corrected chi connectivity index (χ4v) is 5.92. The summed E-state index contributed by atoms with van der Waals surface area (Å²) in [6, 6.07) is 24.4. The number of hydrogen-bond acceptors (Lipinski definition) is 8. The molecule has 10 heteroatoms. The number of azo groups is 1. The van der Waals surface area contributed by atoms with Gasteiger partial charge in [0.1, 0.15) is 10.6 Å². The van der Waals surface area contributed by atoms with Crippen molar-refractivity contribution in [2.24, 2.45) is 10.2 Å². The fourth-order valence-electron chi connectivity index (χ4n) is 4.38. The van der Waals surface area contributed by atoms with E-state index in [4.69, 9.17) is 4.74 Å². The Kier molecular flexibility index (Phi) is 9.39. The zero-order chi connectivity index (χ0) is 30.4. The van der Waals surface area contributed by atoms with E-state index in [0.717, 1.165) is 5.69 Å². The SMILES string of the molecule is COc1ccc(-c2cccc(C(=O)N(C)C)c2)cc1S(=O)(=O)Cc1cccc(N=Nc2ccc(N(C)C)cc2CO)c1. The lowest BCUT2D eigenvalue weighted by Gasteiger charge is -2.14. The van der Waals surface area contributed by atoms with Crippen LogP contribution in [0.1, 0.15) is 21.5 Å². The third-order valence-corrected chi connectivity index (χ3v) is 8.34. The molecule has 0 saturated carbocycles. The van der Waals surface area contributed by atoms with Crippen molar-refractivity contribution in [1.29, 1.82) is 0 Å². The maximum atomic E-state index is 13.7. The summed E-state index contributed by atoms with van der Waals surface area (Å²) in [6.07, 6.45) is 0. The molecule has 4 aromatic carbocycles. The van der Waals surface area contributed by atoms with E-state index in [2.05, 4.69) is 10.2 Å². The molecule has 0 heterocycles. The summed E-state index contributed by atoms with van der Waals surface area (Å²) < 4.78 is 32.7. The molecular weight excluding hydrogens is 552 g/mol. The van der Waals surface area contributed by atoms with Gasteiger partial charge in [-0.2, -0.15) is 10.2 Å². The Morgan fingerprint density at radius 3 is 2.29 bits per heavy atom. The molecule has 0 aromatic heterocycles. The van der Waals surface area contributed by atoms with Crippen LogP contribution < -0.4 is 9.64 Å². The molecule has 0 bridgehead atoms. The number of anilines is 1. The first-order valence-corrected chi connectivity index (χ1v) is 14.8. The molecular formula is C32H34N4O5S. The molecule has 42 heavy (non-hydrogen) atoms. The summed E-state index contributed by atoms with van der Waals surface area (Å²) >= 11 is 0. The van der Waals surface area contributed by atoms with Crippen LogP contribution in [0.2, 0.25) is 0 Å². The van der Waals surface area contributed by atoms with Crippen LogP contribution in [0.4, 0.5) is 17.1 Å². The van der Waals surface area contributed by atoms with Gasteiger partial charge in [0.15, 0.2) is 9.84 Å². The predicted octanol–water partition coefficient (Wildman–Crippen LogP) is 6.01. The van der Waals surface area contributed by atoms with Crippen molar-refractivity contribution in [2.75, 3.05) is 40.2 Å². The van der Waals surface area contributed by atoms with Gasteiger partial charge in [0.05, 0.1) is 30.8 Å². The first kappa shape index (κ1) is 30.4. The Labute approximate surface area is 246 Å². The molecule has 218 valence electrons. The van der Waals surface area contributed by atoms with Crippen LogP contribution >= 0.6 is 0 Å². The standard InChI is InChI=1S/C32H34N4O5S/c1-35(2)28-13-14-29(26(18-28)20-37)34-33-27-11-6-8-22(16-27)21-42(39,40)31-19-24(12-15-30(31)41-5)23-9-7-10-25(17-23)32(38)36(3)4/h6-19,37H,20-21H2,1-5H3. The Morgan fingerprint density at radius 2 is 1.60 bits per heavy atom. The fraction of sp³-hybridized carbons (Fsp3) is 0.219. The van der Waals surface area contributed by atoms with Crippen LogP contribution in [0.25, 0.3) is 11.1 Å². The van der Waals surface area contributed by atoms with Gasteiger partial charge in [0, 0.05) is 45.0 Å². The lowest BCUT2D eigenvalue weighted by Crippen LogP contribution is -2.21. The number of rotatable bonds is 10. The lowest BCUT2D eigenvalue weighted by molar-refractivity contribution is 0.0827. The first-order chi connectivity index (χ1) is 20.0. The summed E-state index contributed by atoms with van der Waals surface area (Å²) in [5.74, 6) is -0.199. The molecule has 0 unspecified atom stereocenters. The summed E-state index contributed by atoms with van der Waals surface area (Å²) in [6.45, 7) is -0.189. The number of carbonyl (C=O) groups excluding carboxylic acids is 1. The molecule has 0 aliphatic carbocycles. The van der Waals surface area contributed by atoms with Crippen LogP contribution in [0, 0.1) is 0 Å². The van der Waals surface area contributed by atoms with Crippen LogP contribution in [0.3, 0.4) is 0 Å². The van der Waals surface area contributed by atoms with Crippen molar-refractivity contribution < 1.29 is 23.1 Å². The molecule has 0 atom stereocenters. The van der Waals surface area contributed by atoms with Crippen molar-refractivity contribution >= 4 is 32.8 Å². The molecule has 4 aromatic rings. The summed E-state index contributed by atoms with van der Waals surface area (Å²) in [5.41, 5.74) is 4.96. The Hall–Kier alpha value is -4.54. The number of amides is 1. The number of benzene rings is 4. The van der Waals surface area contributed by atoms with Crippen LogP contribution in [0.15, 0.2) is 100 Å². The van der Waals surface area contributed by atoms with Crippen molar-refractivity contribution in [2.45, 2.75) is 17.3 Å². The zero-order valence-electron chi connectivity index (χ0n) is 24.3. The summed E-state index contributed by atoms with van der Waals surface area (Å²) in [4.78, 5) is 15.9. The highest BCUT2D eigenvalue weighted by atomic mass is 32.2. The van der Waals surface area contributed by atoms with Gasteiger partial charge in [0.25, 0.3) is 5.91 Å². The van der Waals surface area contributed by atoms with E-state index in [1.165, 1.54) is 12.0 Å². The highest BCUT2D eigenvalue weighted by Gasteiger charge is 2.22. The second kappa shape index (κ2) is 13.0. The third-order valence-electron chi connectivity index (χ3n) is 6.64. The molecule has 0 radical (unpaired) electrons. The number of aliphatic hydroxyl groups is 1. The first-order valence-electron chi connectivity index (χ1n) is 13.2. The van der Waals surface area contributed by atoms with Gasteiger partial charge in [-0.05, 0) is 71.3 Å². The average molecular weight is 587 g/mol. The number of methoxy groups -OCH3 is 1. The number of carbonyl (C=O) groups is 1. The van der Waals surface area contributed by atoms with Gasteiger partial charge in [0.2, 0.25) is 0 Å². The minimum atomic E-state index is -3.84. The van der Waals surface area contributed by atoms with Crippen molar-refractivity contribution in [3.63, 3.8) is 0 Å². The molecule has 1 amide bonds. The number of nitrogens with zero attached hydrogens (tertiary/aromatic N) is 4. The number of sulfone groups is 1. The molecule has 0 saturated heterocycles. The molecule has 0 aliphatic heterocycles. The zero-order valence-corrected chi connectivity index (χ0v) is 25.1. The lowest BCUT2D eigenvalue weighted by atomic mass is 10.0. The normalized spacial score (nSPS) is 11.5. The number of hydrogen-bond donors (Lipinski definition) is 1. The van der Waals surface area contributed by atoms with Crippen LogP contribution in [-0.2, 0) is 22.2 Å². The number of aliphatic hydroxyl groups excluding tert-OH is 1. The quantitative estimate of drug-likeness (QED) is 0.228. The minimum Gasteiger partial charge on any atom is -0.495 e. The van der Waals surface area contributed by atoms with Gasteiger partial charge in [-0.3, -0.25) is 4.79 Å². The van der Waals surface area contributed by atoms with Crippen molar-refractivity contribution in [3.8, 4) is 16.9 Å². The molecule has 1 N–H and O–H groups in total. The summed E-state index contributed by atoms with van der Waals surface area (Å²) in [5, 5.41) is 18.4. The Morgan fingerprint density at radius 1 is 0.857 bits per heavy atom. The van der Waals surface area contributed by atoms with E-state index < -0.39 is 9.84 Å². The van der Waals surface area contributed by atoms with E-state index >= 15 is 0 Å². The molecule has 0 spiro atoms. The summed E-state index contributed by atoms with van der Waals surface area (Å²) in [7, 11) is 4.76. The molecule has 4 rings (SSSR count). The predicted molar refractivity (Wildman–Crippen MR) is 165 cm³/mol. The van der Waals surface area contributed by atoms with E-state index in [1.54, 1.807) is 80.8 Å². The van der Waals surface area contributed by atoms with E-state index in [0.29, 0.717) is 39.2 Å². The largest absolute Gasteiger partial charge is 0.495 e. The third kappa shape index (κ3) is 7.02. The van der Waals surface area contributed by atoms with Crippen LogP contribution in [-0.4, -0.2) is 59.6 Å². The van der Waals surface area contributed by atoms with E-state index in [9.17, 15) is 18.3 Å². The monoisotopic (exact) mass is 586 g/mol. The molecule has 0 aliphatic rings. The van der Waals surface area contributed by atoms with Crippen molar-refractivity contribution in [1.82, 2.24) is 4.90 Å². The second-order valence-electron chi connectivity index (χ2n) is 10.1. The van der Waals surface area contributed by atoms with Gasteiger partial charge < -0.3 is 19.6 Å². The van der Waals surface area contributed by atoms with Gasteiger partial charge in [-0.15, -0.1) is 0 Å². The van der Waals surface area contributed by atoms with E-state index in [-0.39, 0.29) is 28.9 Å². The Balaban J connectivity index is 1.62. The van der Waals surface area contributed by atoms with Crippen LogP contribution in [0.5, 0.6) is 5.75 Å². The van der Waals surface area contributed by atoms with Gasteiger partial charge >= 0.3 is 0 Å². The number of ether oxygens (including phenoxy) is 1. The van der Waals surface area contributed by atoms with E-state index in [1.807, 2.05) is 37.2 Å².